The molecule has 3 rings (SSSR count). The van der Waals surface area contributed by atoms with E-state index in [9.17, 15) is 9.90 Å². The van der Waals surface area contributed by atoms with Crippen LogP contribution in [0.3, 0.4) is 0 Å². The molecule has 2 aromatic rings. The summed E-state index contributed by atoms with van der Waals surface area (Å²) in [5.41, 5.74) is 0.243. The predicted octanol–water partition coefficient (Wildman–Crippen LogP) is 1.77. The molecule has 19 heavy (non-hydrogen) atoms. The molecule has 1 aliphatic heterocycles. The van der Waals surface area contributed by atoms with Crippen LogP contribution < -0.4 is 4.90 Å². The molecule has 1 aromatic heterocycles. The van der Waals surface area contributed by atoms with Crippen molar-refractivity contribution in [1.29, 1.82) is 0 Å². The fourth-order valence-corrected chi connectivity index (χ4v) is 2.38. The first-order valence-electron chi connectivity index (χ1n) is 6.21. The molecule has 98 valence electrons. The highest BCUT2D eigenvalue weighted by Gasteiger charge is 2.18. The quantitative estimate of drug-likeness (QED) is 0.889. The summed E-state index contributed by atoms with van der Waals surface area (Å²) < 4.78 is 5.33. The van der Waals surface area contributed by atoms with Gasteiger partial charge in [0.25, 0.3) is 0 Å². The van der Waals surface area contributed by atoms with E-state index < -0.39 is 5.97 Å². The number of aromatic carboxylic acids is 1. The summed E-state index contributed by atoms with van der Waals surface area (Å²) in [5, 5.41) is 10.8. The number of hydrogen-bond donors (Lipinski definition) is 1. The van der Waals surface area contributed by atoms with Crippen molar-refractivity contribution in [2.45, 2.75) is 0 Å². The average Bonchev–Trinajstić information content (AvgIpc) is 2.47. The third-order valence-electron chi connectivity index (χ3n) is 3.32. The van der Waals surface area contributed by atoms with Crippen molar-refractivity contribution >= 4 is 22.6 Å². The molecule has 0 bridgehead atoms. The van der Waals surface area contributed by atoms with Gasteiger partial charge in [-0.3, -0.25) is 0 Å². The van der Waals surface area contributed by atoms with Gasteiger partial charge in [0.1, 0.15) is 5.82 Å². The molecule has 0 unspecified atom stereocenters. The van der Waals surface area contributed by atoms with E-state index in [1.54, 1.807) is 0 Å². The molecule has 0 saturated carbocycles. The minimum Gasteiger partial charge on any atom is -0.478 e. The van der Waals surface area contributed by atoms with E-state index in [0.717, 1.165) is 29.7 Å². The number of nitrogens with zero attached hydrogens (tertiary/aromatic N) is 2. The number of ether oxygens (including phenoxy) is 1. The number of hydrogen-bond acceptors (Lipinski definition) is 4. The highest BCUT2D eigenvalue weighted by atomic mass is 16.5. The van der Waals surface area contributed by atoms with E-state index in [0.29, 0.717) is 13.2 Å². The zero-order chi connectivity index (χ0) is 13.2. The van der Waals surface area contributed by atoms with E-state index in [-0.39, 0.29) is 5.56 Å². The Hall–Kier alpha value is -2.14. The second-order valence-electron chi connectivity index (χ2n) is 4.45. The maximum atomic E-state index is 11.2. The summed E-state index contributed by atoms with van der Waals surface area (Å²) in [4.78, 5) is 17.7. The van der Waals surface area contributed by atoms with Crippen LogP contribution in [0.25, 0.3) is 10.8 Å². The van der Waals surface area contributed by atoms with Gasteiger partial charge in [0, 0.05) is 30.1 Å². The van der Waals surface area contributed by atoms with E-state index in [2.05, 4.69) is 9.88 Å². The number of carbonyl (C=O) groups is 1. The molecule has 1 saturated heterocycles. The minimum atomic E-state index is -0.947. The van der Waals surface area contributed by atoms with Gasteiger partial charge >= 0.3 is 5.97 Å². The van der Waals surface area contributed by atoms with Crippen LogP contribution in [0.1, 0.15) is 10.4 Å². The molecule has 0 spiro atoms. The number of carboxylic acids is 1. The second kappa shape index (κ2) is 4.85. The number of fused-ring (bicyclic) bond motifs is 1. The van der Waals surface area contributed by atoms with Crippen molar-refractivity contribution < 1.29 is 14.6 Å². The van der Waals surface area contributed by atoms with Crippen LogP contribution >= 0.6 is 0 Å². The van der Waals surface area contributed by atoms with Crippen LogP contribution in [0, 0.1) is 0 Å². The van der Waals surface area contributed by atoms with E-state index in [1.165, 1.54) is 6.20 Å². The van der Waals surface area contributed by atoms with Gasteiger partial charge in [-0.05, 0) is 0 Å². The van der Waals surface area contributed by atoms with Gasteiger partial charge in [-0.2, -0.15) is 0 Å². The number of aromatic nitrogens is 1. The number of morpholine rings is 1. The third kappa shape index (κ3) is 2.13. The average molecular weight is 258 g/mol. The number of rotatable bonds is 2. The number of carboxylic acid groups (broad SMARTS) is 1. The number of pyridine rings is 1. The third-order valence-corrected chi connectivity index (χ3v) is 3.32. The van der Waals surface area contributed by atoms with Gasteiger partial charge in [0.05, 0.1) is 18.8 Å². The minimum absolute atomic E-state index is 0.243. The summed E-state index contributed by atoms with van der Waals surface area (Å²) in [6.45, 7) is 2.92. The van der Waals surface area contributed by atoms with E-state index in [4.69, 9.17) is 4.74 Å². The summed E-state index contributed by atoms with van der Waals surface area (Å²) in [7, 11) is 0. The molecule has 5 nitrogen and oxygen atoms in total. The zero-order valence-corrected chi connectivity index (χ0v) is 10.4. The van der Waals surface area contributed by atoms with Gasteiger partial charge < -0.3 is 14.7 Å². The SMILES string of the molecule is O=C(O)c1cnc(N2CCOCC2)c2ccccc12. The first-order chi connectivity index (χ1) is 9.27. The topological polar surface area (TPSA) is 62.7 Å². The van der Waals surface area contributed by atoms with Crippen LogP contribution in [0.5, 0.6) is 0 Å². The smallest absolute Gasteiger partial charge is 0.337 e. The Labute approximate surface area is 110 Å². The summed E-state index contributed by atoms with van der Waals surface area (Å²) in [5.74, 6) is -0.110. The Morgan fingerprint density at radius 2 is 1.89 bits per heavy atom. The molecular formula is C14H14N2O3. The molecule has 5 heteroatoms. The first kappa shape index (κ1) is 11.9. The van der Waals surface area contributed by atoms with Crippen LogP contribution in [0.4, 0.5) is 5.82 Å². The molecule has 1 aromatic carbocycles. The fourth-order valence-electron chi connectivity index (χ4n) is 2.38. The Morgan fingerprint density at radius 3 is 2.58 bits per heavy atom. The second-order valence-corrected chi connectivity index (χ2v) is 4.45. The maximum absolute atomic E-state index is 11.2. The van der Waals surface area contributed by atoms with Crippen LogP contribution in [-0.4, -0.2) is 42.4 Å². The molecule has 2 heterocycles. The van der Waals surface area contributed by atoms with Crippen molar-refractivity contribution in [3.05, 3.63) is 36.0 Å². The van der Waals surface area contributed by atoms with Crippen LogP contribution in [-0.2, 0) is 4.74 Å². The number of benzene rings is 1. The maximum Gasteiger partial charge on any atom is 0.337 e. The lowest BCUT2D eigenvalue weighted by atomic mass is 10.1. The number of anilines is 1. The lowest BCUT2D eigenvalue weighted by Crippen LogP contribution is -2.36. The normalized spacial score (nSPS) is 15.7. The van der Waals surface area contributed by atoms with Crippen molar-refractivity contribution in [2.24, 2.45) is 0 Å². The fraction of sp³-hybridized carbons (Fsp3) is 0.286. The molecular weight excluding hydrogens is 244 g/mol. The lowest BCUT2D eigenvalue weighted by molar-refractivity contribution is 0.0698. The van der Waals surface area contributed by atoms with Gasteiger partial charge in [-0.15, -0.1) is 0 Å². The van der Waals surface area contributed by atoms with Gasteiger partial charge in [-0.25, -0.2) is 9.78 Å². The largest absolute Gasteiger partial charge is 0.478 e. The molecule has 1 N–H and O–H groups in total. The van der Waals surface area contributed by atoms with E-state index >= 15 is 0 Å². The Kier molecular flexibility index (Phi) is 3.05. The van der Waals surface area contributed by atoms with Crippen LogP contribution in [0.2, 0.25) is 0 Å². The highest BCUT2D eigenvalue weighted by Crippen LogP contribution is 2.27. The molecule has 0 amide bonds. The van der Waals surface area contributed by atoms with Crippen LogP contribution in [0.15, 0.2) is 30.5 Å². The summed E-state index contributed by atoms with van der Waals surface area (Å²) >= 11 is 0. The molecule has 0 atom stereocenters. The molecule has 1 fully saturated rings. The monoisotopic (exact) mass is 258 g/mol. The highest BCUT2D eigenvalue weighted by molar-refractivity contribution is 6.06. The standard InChI is InChI=1S/C14H14N2O3/c17-14(18)12-9-15-13(16-5-7-19-8-6-16)11-4-2-1-3-10(11)12/h1-4,9H,5-8H2,(H,17,18). The van der Waals surface area contributed by atoms with Crippen molar-refractivity contribution in [3.63, 3.8) is 0 Å². The lowest BCUT2D eigenvalue weighted by Gasteiger charge is -2.28. The van der Waals surface area contributed by atoms with Gasteiger partial charge in [0.15, 0.2) is 0 Å². The van der Waals surface area contributed by atoms with Crippen molar-refractivity contribution in [3.8, 4) is 0 Å². The van der Waals surface area contributed by atoms with Crippen molar-refractivity contribution in [2.75, 3.05) is 31.2 Å². The predicted molar refractivity (Wildman–Crippen MR) is 71.7 cm³/mol. The van der Waals surface area contributed by atoms with Gasteiger partial charge in [-0.1, -0.05) is 24.3 Å². The summed E-state index contributed by atoms with van der Waals surface area (Å²) in [6.07, 6.45) is 1.44. The summed E-state index contributed by atoms with van der Waals surface area (Å²) in [6, 6.07) is 7.49. The molecule has 0 aliphatic carbocycles. The van der Waals surface area contributed by atoms with Gasteiger partial charge in [0.2, 0.25) is 0 Å². The first-order valence-corrected chi connectivity index (χ1v) is 6.21. The van der Waals surface area contributed by atoms with Crippen molar-refractivity contribution in [1.82, 2.24) is 4.98 Å². The Bertz CT molecular complexity index is 621. The molecule has 1 aliphatic rings. The zero-order valence-electron chi connectivity index (χ0n) is 10.4. The molecule has 0 radical (unpaired) electrons. The van der Waals surface area contributed by atoms with E-state index in [1.807, 2.05) is 24.3 Å². The Balaban J connectivity index is 2.15. The Morgan fingerprint density at radius 1 is 1.21 bits per heavy atom.